The van der Waals surface area contributed by atoms with Crippen LogP contribution < -0.4 is 9.64 Å². The molecule has 2 heterocycles. The Morgan fingerprint density at radius 2 is 1.67 bits per heavy atom. The Morgan fingerprint density at radius 1 is 0.972 bits per heavy atom. The summed E-state index contributed by atoms with van der Waals surface area (Å²) in [7, 11) is 0. The van der Waals surface area contributed by atoms with E-state index >= 15 is 0 Å². The summed E-state index contributed by atoms with van der Waals surface area (Å²) in [4.78, 5) is 30.0. The van der Waals surface area contributed by atoms with Crippen molar-refractivity contribution in [3.05, 3.63) is 95.8 Å². The van der Waals surface area contributed by atoms with Gasteiger partial charge in [0.15, 0.2) is 5.11 Å². The quantitative estimate of drug-likeness (QED) is 0.175. The van der Waals surface area contributed by atoms with Gasteiger partial charge in [0.2, 0.25) is 0 Å². The summed E-state index contributed by atoms with van der Waals surface area (Å²) in [5.41, 5.74) is 4.39. The molecule has 184 valence electrons. The molecule has 0 saturated carbocycles. The number of thiocarbonyl (C=S) groups is 1. The van der Waals surface area contributed by atoms with Crippen molar-refractivity contribution in [2.75, 3.05) is 18.1 Å². The lowest BCUT2D eigenvalue weighted by atomic mass is 10.1. The molecule has 6 nitrogen and oxygen atoms in total. The van der Waals surface area contributed by atoms with Crippen molar-refractivity contribution in [3.8, 4) is 11.4 Å². The minimum absolute atomic E-state index is 0.0920. The highest BCUT2D eigenvalue weighted by Gasteiger charge is 2.40. The third kappa shape index (κ3) is 4.75. The average Bonchev–Trinajstić information content (AvgIpc) is 3.16. The molecular formula is C29H29N3O3S. The zero-order chi connectivity index (χ0) is 25.8. The third-order valence-corrected chi connectivity index (χ3v) is 6.43. The molecule has 3 aromatic rings. The van der Waals surface area contributed by atoms with Crippen molar-refractivity contribution in [2.24, 2.45) is 0 Å². The van der Waals surface area contributed by atoms with Crippen LogP contribution in [0.5, 0.6) is 5.75 Å². The first kappa shape index (κ1) is 25.1. The van der Waals surface area contributed by atoms with E-state index in [0.29, 0.717) is 18.8 Å². The lowest BCUT2D eigenvalue weighted by Crippen LogP contribution is -2.56. The summed E-state index contributed by atoms with van der Waals surface area (Å²) in [5, 5.41) is 0.208. The van der Waals surface area contributed by atoms with Crippen LogP contribution in [0.1, 0.15) is 30.3 Å². The van der Waals surface area contributed by atoms with Gasteiger partial charge in [-0.3, -0.25) is 19.4 Å². The van der Waals surface area contributed by atoms with Crippen LogP contribution in [0, 0.1) is 13.8 Å². The molecule has 1 aromatic heterocycles. The van der Waals surface area contributed by atoms with Gasteiger partial charge in [0.05, 0.1) is 5.69 Å². The summed E-state index contributed by atoms with van der Waals surface area (Å²) < 4.78 is 7.68. The van der Waals surface area contributed by atoms with E-state index in [0.717, 1.165) is 34.8 Å². The number of ether oxygens (including phenoxy) is 1. The number of carbonyl (C=O) groups is 2. The van der Waals surface area contributed by atoms with Crippen LogP contribution in [0.2, 0.25) is 0 Å². The maximum absolute atomic E-state index is 13.6. The first-order valence-corrected chi connectivity index (χ1v) is 12.3. The molecule has 4 rings (SSSR count). The zero-order valence-corrected chi connectivity index (χ0v) is 21.5. The molecule has 0 unspecified atom stereocenters. The van der Waals surface area contributed by atoms with Crippen molar-refractivity contribution in [2.45, 2.75) is 27.2 Å². The SMILES string of the molecule is C=CCOc1ccc(-n2c(C)cc(/C=C3\C(=O)N(CCC)C(=S)N(c4ccccc4)C3=O)c2C)cc1. The number of benzene rings is 2. The minimum atomic E-state index is -0.419. The highest BCUT2D eigenvalue weighted by atomic mass is 32.1. The molecule has 1 aliphatic heterocycles. The number of rotatable bonds is 8. The molecule has 1 fully saturated rings. The van der Waals surface area contributed by atoms with E-state index in [2.05, 4.69) is 11.1 Å². The molecule has 7 heteroatoms. The molecule has 0 bridgehead atoms. The van der Waals surface area contributed by atoms with E-state index in [-0.39, 0.29) is 16.6 Å². The van der Waals surface area contributed by atoms with Gasteiger partial charge in [-0.25, -0.2) is 0 Å². The molecule has 1 saturated heterocycles. The fourth-order valence-corrected chi connectivity index (χ4v) is 4.70. The molecule has 2 aromatic carbocycles. The standard InChI is InChI=1S/C29H29N3O3S/c1-5-16-30-27(33)26(28(34)32(29(30)36)23-10-8-7-9-11-23)19-22-18-20(3)31(21(22)4)24-12-14-25(15-13-24)35-17-6-2/h6-15,18-19H,2,5,16-17H2,1,3-4H3/b26-19+. The monoisotopic (exact) mass is 499 g/mol. The van der Waals surface area contributed by atoms with Gasteiger partial charge < -0.3 is 9.30 Å². The van der Waals surface area contributed by atoms with Crippen molar-refractivity contribution in [3.63, 3.8) is 0 Å². The highest BCUT2D eigenvalue weighted by Crippen LogP contribution is 2.29. The maximum Gasteiger partial charge on any atom is 0.270 e. The van der Waals surface area contributed by atoms with Gasteiger partial charge in [-0.1, -0.05) is 37.8 Å². The predicted octanol–water partition coefficient (Wildman–Crippen LogP) is 5.61. The van der Waals surface area contributed by atoms with Crippen LogP contribution in [0.4, 0.5) is 5.69 Å². The summed E-state index contributed by atoms with van der Waals surface area (Å²) in [5.74, 6) is -0.0283. The number of nitrogens with zero attached hydrogens (tertiary/aromatic N) is 3. The molecule has 0 N–H and O–H groups in total. The number of para-hydroxylation sites is 1. The van der Waals surface area contributed by atoms with Gasteiger partial charge in [0, 0.05) is 23.6 Å². The maximum atomic E-state index is 13.6. The molecule has 0 spiro atoms. The van der Waals surface area contributed by atoms with Crippen molar-refractivity contribution < 1.29 is 14.3 Å². The predicted molar refractivity (Wildman–Crippen MR) is 147 cm³/mol. The largest absolute Gasteiger partial charge is 0.490 e. The van der Waals surface area contributed by atoms with Gasteiger partial charge in [-0.2, -0.15) is 0 Å². The van der Waals surface area contributed by atoms with Crippen molar-refractivity contribution in [1.29, 1.82) is 0 Å². The van der Waals surface area contributed by atoms with E-state index in [1.165, 1.54) is 9.80 Å². The number of aryl methyl sites for hydroxylation is 1. The van der Waals surface area contributed by atoms with Gasteiger partial charge in [0.25, 0.3) is 11.8 Å². The molecule has 1 aliphatic rings. The Hall–Kier alpha value is -3.97. The fourth-order valence-electron chi connectivity index (χ4n) is 4.33. The van der Waals surface area contributed by atoms with E-state index < -0.39 is 5.91 Å². The van der Waals surface area contributed by atoms with Gasteiger partial charge in [-0.05, 0) is 86.6 Å². The molecule has 36 heavy (non-hydrogen) atoms. The second-order valence-electron chi connectivity index (χ2n) is 8.53. The Balaban J connectivity index is 1.74. The van der Waals surface area contributed by atoms with Crippen LogP contribution in [0.25, 0.3) is 11.8 Å². The normalized spacial score (nSPS) is 15.1. The van der Waals surface area contributed by atoms with Crippen LogP contribution in [-0.4, -0.2) is 39.5 Å². The highest BCUT2D eigenvalue weighted by molar-refractivity contribution is 7.80. The van der Waals surface area contributed by atoms with E-state index in [1.807, 2.05) is 81.4 Å². The number of carbonyl (C=O) groups excluding carboxylic acids is 2. The lowest BCUT2D eigenvalue weighted by Gasteiger charge is -2.36. The first-order chi connectivity index (χ1) is 17.4. The Kier molecular flexibility index (Phi) is 7.50. The topological polar surface area (TPSA) is 54.8 Å². The van der Waals surface area contributed by atoms with E-state index in [9.17, 15) is 9.59 Å². The number of hydrogen-bond donors (Lipinski definition) is 0. The molecule has 0 radical (unpaired) electrons. The smallest absolute Gasteiger partial charge is 0.270 e. The number of hydrogen-bond acceptors (Lipinski definition) is 4. The first-order valence-electron chi connectivity index (χ1n) is 11.9. The van der Waals surface area contributed by atoms with Crippen LogP contribution in [-0.2, 0) is 9.59 Å². The van der Waals surface area contributed by atoms with Crippen LogP contribution in [0.3, 0.4) is 0 Å². The Morgan fingerprint density at radius 3 is 2.31 bits per heavy atom. The van der Waals surface area contributed by atoms with E-state index in [1.54, 1.807) is 12.2 Å². The summed E-state index contributed by atoms with van der Waals surface area (Å²) >= 11 is 5.58. The summed E-state index contributed by atoms with van der Waals surface area (Å²) in [6.45, 7) is 10.5. The zero-order valence-electron chi connectivity index (χ0n) is 20.7. The second-order valence-corrected chi connectivity index (χ2v) is 8.89. The van der Waals surface area contributed by atoms with Crippen LogP contribution in [0.15, 0.2) is 78.9 Å². The van der Waals surface area contributed by atoms with Gasteiger partial charge >= 0.3 is 0 Å². The van der Waals surface area contributed by atoms with Crippen molar-refractivity contribution >= 4 is 40.9 Å². The average molecular weight is 500 g/mol. The third-order valence-electron chi connectivity index (χ3n) is 6.03. The Bertz CT molecular complexity index is 1340. The lowest BCUT2D eigenvalue weighted by molar-refractivity contribution is -0.127. The Labute approximate surface area is 217 Å². The van der Waals surface area contributed by atoms with Gasteiger partial charge in [0.1, 0.15) is 17.9 Å². The van der Waals surface area contributed by atoms with Crippen molar-refractivity contribution in [1.82, 2.24) is 9.47 Å². The van der Waals surface area contributed by atoms with E-state index in [4.69, 9.17) is 17.0 Å². The second kappa shape index (κ2) is 10.7. The molecular weight excluding hydrogens is 470 g/mol. The fraction of sp³-hybridized carbons (Fsp3) is 0.207. The molecule has 2 amide bonds. The summed E-state index contributed by atoms with van der Waals surface area (Å²) in [6, 6.07) is 18.9. The van der Waals surface area contributed by atoms with Crippen LogP contribution >= 0.6 is 12.2 Å². The number of anilines is 1. The number of aromatic nitrogens is 1. The molecule has 0 atom stereocenters. The number of amides is 2. The van der Waals surface area contributed by atoms with Gasteiger partial charge in [-0.15, -0.1) is 0 Å². The summed E-state index contributed by atoms with van der Waals surface area (Å²) in [6.07, 6.45) is 4.11. The molecule has 0 aliphatic carbocycles. The minimum Gasteiger partial charge on any atom is -0.490 e.